The van der Waals surface area contributed by atoms with Crippen molar-refractivity contribution in [1.82, 2.24) is 10.6 Å². The summed E-state index contributed by atoms with van der Waals surface area (Å²) in [6, 6.07) is 9.44. The molecule has 0 unspecified atom stereocenters. The van der Waals surface area contributed by atoms with Gasteiger partial charge < -0.3 is 16.0 Å². The molecule has 0 fully saturated rings. The van der Waals surface area contributed by atoms with Crippen LogP contribution < -0.4 is 16.0 Å². The number of benzene rings is 2. The van der Waals surface area contributed by atoms with Gasteiger partial charge in [-0.3, -0.25) is 14.4 Å². The number of para-hydroxylation sites is 1. The minimum Gasteiger partial charge on any atom is -0.345 e. The van der Waals surface area contributed by atoms with E-state index in [1.807, 2.05) is 0 Å². The quantitative estimate of drug-likeness (QED) is 0.662. The van der Waals surface area contributed by atoms with E-state index in [9.17, 15) is 23.2 Å². The first kappa shape index (κ1) is 19.5. The van der Waals surface area contributed by atoms with E-state index in [4.69, 9.17) is 0 Å². The molecule has 0 aliphatic carbocycles. The largest absolute Gasteiger partial charge is 0.345 e. The lowest BCUT2D eigenvalue weighted by Gasteiger charge is -2.09. The summed E-state index contributed by atoms with van der Waals surface area (Å²) in [5.41, 5.74) is 0.165. The van der Waals surface area contributed by atoms with E-state index < -0.39 is 35.9 Å². The van der Waals surface area contributed by atoms with Crippen LogP contribution in [0.25, 0.3) is 0 Å². The summed E-state index contributed by atoms with van der Waals surface area (Å²) in [6.07, 6.45) is 0. The van der Waals surface area contributed by atoms with Crippen LogP contribution in [0.3, 0.4) is 0 Å². The summed E-state index contributed by atoms with van der Waals surface area (Å²) >= 11 is 3.27. The fraction of sp³-hybridized carbons (Fsp3) is 0.118. The molecule has 0 saturated heterocycles. The fourth-order valence-corrected chi connectivity index (χ4v) is 2.31. The summed E-state index contributed by atoms with van der Waals surface area (Å²) in [4.78, 5) is 35.2. The van der Waals surface area contributed by atoms with Gasteiger partial charge in [0.2, 0.25) is 11.8 Å². The molecule has 0 atom stereocenters. The summed E-state index contributed by atoms with van der Waals surface area (Å²) in [7, 11) is 0. The third-order valence-corrected chi connectivity index (χ3v) is 3.87. The molecule has 0 bridgehead atoms. The van der Waals surface area contributed by atoms with Gasteiger partial charge in [-0.2, -0.15) is 0 Å². The van der Waals surface area contributed by atoms with Crippen LogP contribution in [0.4, 0.5) is 14.5 Å². The molecule has 0 aliphatic rings. The van der Waals surface area contributed by atoms with Crippen molar-refractivity contribution in [3.8, 4) is 0 Å². The van der Waals surface area contributed by atoms with Gasteiger partial charge in [-0.05, 0) is 40.2 Å². The van der Waals surface area contributed by atoms with Crippen molar-refractivity contribution < 1.29 is 23.2 Å². The zero-order valence-corrected chi connectivity index (χ0v) is 14.9. The lowest BCUT2D eigenvalue weighted by molar-refractivity contribution is -0.123. The Labute approximate surface area is 156 Å². The highest BCUT2D eigenvalue weighted by molar-refractivity contribution is 9.10. The average Bonchev–Trinajstić information content (AvgIpc) is 2.60. The number of rotatable bonds is 6. The van der Waals surface area contributed by atoms with Crippen LogP contribution in [0.1, 0.15) is 10.4 Å². The molecular formula is C17H14BrF2N3O3. The van der Waals surface area contributed by atoms with Crippen LogP contribution in [-0.2, 0) is 9.59 Å². The summed E-state index contributed by atoms with van der Waals surface area (Å²) in [5.74, 6) is -3.80. The summed E-state index contributed by atoms with van der Waals surface area (Å²) in [5, 5.41) is 7.10. The smallest absolute Gasteiger partial charge is 0.254 e. The van der Waals surface area contributed by atoms with Crippen LogP contribution in [0.2, 0.25) is 0 Å². The number of amides is 3. The van der Waals surface area contributed by atoms with Gasteiger partial charge in [-0.1, -0.05) is 12.1 Å². The number of hydrogen-bond donors (Lipinski definition) is 3. The maximum absolute atomic E-state index is 13.5. The molecule has 26 heavy (non-hydrogen) atoms. The fourth-order valence-electron chi connectivity index (χ4n) is 1.93. The molecule has 0 heterocycles. The lowest BCUT2D eigenvalue weighted by Crippen LogP contribution is -2.40. The highest BCUT2D eigenvalue weighted by atomic mass is 79.9. The minimum absolute atomic E-state index is 0.305. The minimum atomic E-state index is -1.03. The Morgan fingerprint density at radius 2 is 1.62 bits per heavy atom. The van der Waals surface area contributed by atoms with Crippen molar-refractivity contribution >= 4 is 39.3 Å². The number of hydrogen-bond acceptors (Lipinski definition) is 3. The van der Waals surface area contributed by atoms with Gasteiger partial charge in [-0.25, -0.2) is 8.78 Å². The zero-order chi connectivity index (χ0) is 19.1. The van der Waals surface area contributed by atoms with Crippen LogP contribution >= 0.6 is 15.9 Å². The number of halogens is 3. The van der Waals surface area contributed by atoms with Crippen molar-refractivity contribution in [2.45, 2.75) is 0 Å². The van der Waals surface area contributed by atoms with Gasteiger partial charge in [0, 0.05) is 10.5 Å². The Balaban J connectivity index is 1.77. The molecule has 0 radical (unpaired) electrons. The Morgan fingerprint density at radius 1 is 0.923 bits per heavy atom. The van der Waals surface area contributed by atoms with Crippen molar-refractivity contribution in [2.24, 2.45) is 0 Å². The SMILES string of the molecule is O=C(CNC(=O)c1ccc(F)cc1F)NCC(=O)Nc1ccccc1Br. The van der Waals surface area contributed by atoms with Gasteiger partial charge in [0.05, 0.1) is 24.3 Å². The van der Waals surface area contributed by atoms with E-state index in [0.29, 0.717) is 16.2 Å². The second-order valence-corrected chi connectivity index (χ2v) is 5.97. The molecule has 3 amide bonds. The van der Waals surface area contributed by atoms with Crippen LogP contribution in [0.15, 0.2) is 46.9 Å². The molecule has 136 valence electrons. The molecule has 3 N–H and O–H groups in total. The Hall–Kier alpha value is -2.81. The molecule has 0 saturated carbocycles. The lowest BCUT2D eigenvalue weighted by atomic mass is 10.2. The van der Waals surface area contributed by atoms with Crippen LogP contribution in [0.5, 0.6) is 0 Å². The molecule has 2 aromatic rings. The number of carbonyl (C=O) groups excluding carboxylic acids is 3. The molecule has 6 nitrogen and oxygen atoms in total. The van der Waals surface area contributed by atoms with E-state index in [-0.39, 0.29) is 12.1 Å². The molecular weight excluding hydrogens is 412 g/mol. The third-order valence-electron chi connectivity index (χ3n) is 3.18. The van der Waals surface area contributed by atoms with Crippen LogP contribution in [0, 0.1) is 11.6 Å². The normalized spacial score (nSPS) is 10.1. The highest BCUT2D eigenvalue weighted by Crippen LogP contribution is 2.20. The highest BCUT2D eigenvalue weighted by Gasteiger charge is 2.14. The van der Waals surface area contributed by atoms with Gasteiger partial charge >= 0.3 is 0 Å². The Bertz CT molecular complexity index is 846. The Kier molecular flexibility index (Phi) is 6.79. The number of carbonyl (C=O) groups is 3. The maximum atomic E-state index is 13.5. The Morgan fingerprint density at radius 3 is 2.31 bits per heavy atom. The van der Waals surface area contributed by atoms with Crippen LogP contribution in [-0.4, -0.2) is 30.8 Å². The standard InChI is InChI=1S/C17H14BrF2N3O3/c18-12-3-1-2-4-14(12)23-16(25)9-21-15(24)8-22-17(26)11-6-5-10(19)7-13(11)20/h1-7H,8-9H2,(H,21,24)(H,22,26)(H,23,25). The zero-order valence-electron chi connectivity index (χ0n) is 13.3. The average molecular weight is 426 g/mol. The number of anilines is 1. The predicted molar refractivity (Wildman–Crippen MR) is 94.5 cm³/mol. The van der Waals surface area contributed by atoms with Gasteiger partial charge in [0.25, 0.3) is 5.91 Å². The molecule has 2 aromatic carbocycles. The monoisotopic (exact) mass is 425 g/mol. The molecule has 0 spiro atoms. The van der Waals surface area contributed by atoms with E-state index in [2.05, 4.69) is 31.9 Å². The maximum Gasteiger partial charge on any atom is 0.254 e. The van der Waals surface area contributed by atoms with Gasteiger partial charge in [0.1, 0.15) is 11.6 Å². The van der Waals surface area contributed by atoms with E-state index in [1.54, 1.807) is 24.3 Å². The predicted octanol–water partition coefficient (Wildman–Crippen LogP) is 2.21. The van der Waals surface area contributed by atoms with Gasteiger partial charge in [-0.15, -0.1) is 0 Å². The molecule has 0 aromatic heterocycles. The first-order chi connectivity index (χ1) is 12.4. The topological polar surface area (TPSA) is 87.3 Å². The van der Waals surface area contributed by atoms with E-state index in [0.717, 1.165) is 12.1 Å². The molecule has 2 rings (SSSR count). The first-order valence-corrected chi connectivity index (χ1v) is 8.20. The van der Waals surface area contributed by atoms with Gasteiger partial charge in [0.15, 0.2) is 0 Å². The second-order valence-electron chi connectivity index (χ2n) is 5.11. The summed E-state index contributed by atoms with van der Waals surface area (Å²) in [6.45, 7) is -0.765. The van der Waals surface area contributed by atoms with Crippen molar-refractivity contribution in [3.05, 3.63) is 64.1 Å². The van der Waals surface area contributed by atoms with E-state index >= 15 is 0 Å². The van der Waals surface area contributed by atoms with Crippen molar-refractivity contribution in [1.29, 1.82) is 0 Å². The molecule has 0 aliphatic heterocycles. The number of nitrogens with one attached hydrogen (secondary N) is 3. The summed E-state index contributed by atoms with van der Waals surface area (Å²) < 4.78 is 27.0. The second kappa shape index (κ2) is 9.04. The van der Waals surface area contributed by atoms with Crippen molar-refractivity contribution in [3.63, 3.8) is 0 Å². The van der Waals surface area contributed by atoms with E-state index in [1.165, 1.54) is 0 Å². The molecule has 9 heteroatoms. The first-order valence-electron chi connectivity index (χ1n) is 7.41. The van der Waals surface area contributed by atoms with Crippen molar-refractivity contribution in [2.75, 3.05) is 18.4 Å². The third kappa shape index (κ3) is 5.62.